The molecular weight excluding hydrogens is 166 g/mol. The summed E-state index contributed by atoms with van der Waals surface area (Å²) in [6.07, 6.45) is 1.81. The minimum absolute atomic E-state index is 0.233. The Labute approximate surface area is 75.1 Å². The number of rotatable bonds is 2. The van der Waals surface area contributed by atoms with E-state index < -0.39 is 0 Å². The van der Waals surface area contributed by atoms with Gasteiger partial charge >= 0.3 is 0 Å². The van der Waals surface area contributed by atoms with Crippen LogP contribution in [0.2, 0.25) is 0 Å². The third-order valence-electron chi connectivity index (χ3n) is 1.93. The molecule has 0 saturated carbocycles. The number of furan rings is 1. The fraction of sp³-hybridized carbons (Fsp3) is 0.100. The Hall–Kier alpha value is -1.77. The molecule has 0 aliphatic heterocycles. The number of para-hydroxylation sites is 1. The topological polar surface area (TPSA) is 56.2 Å². The van der Waals surface area contributed by atoms with Gasteiger partial charge in [-0.15, -0.1) is 0 Å². The normalized spacial score (nSPS) is 10.5. The standard InChI is InChI=1S/C10H9NO2/c11-10(12)5-7-6-13-9-4-2-1-3-8(7)9/h1-4,6H,5H2,(H2,11,12). The molecule has 1 aromatic carbocycles. The van der Waals surface area contributed by atoms with Crippen LogP contribution in [-0.2, 0) is 11.2 Å². The molecule has 1 heterocycles. The van der Waals surface area contributed by atoms with Gasteiger partial charge in [0.25, 0.3) is 0 Å². The highest BCUT2D eigenvalue weighted by molar-refractivity contribution is 5.86. The van der Waals surface area contributed by atoms with E-state index in [1.807, 2.05) is 24.3 Å². The number of carbonyl (C=O) groups excluding carboxylic acids is 1. The maximum atomic E-state index is 10.7. The molecule has 0 spiro atoms. The van der Waals surface area contributed by atoms with Gasteiger partial charge in [0, 0.05) is 10.9 Å². The summed E-state index contributed by atoms with van der Waals surface area (Å²) in [6, 6.07) is 7.57. The smallest absolute Gasteiger partial charge is 0.221 e. The predicted molar refractivity (Wildman–Crippen MR) is 49.1 cm³/mol. The van der Waals surface area contributed by atoms with Gasteiger partial charge in [0.15, 0.2) is 0 Å². The number of hydrogen-bond acceptors (Lipinski definition) is 2. The first-order chi connectivity index (χ1) is 6.27. The molecule has 0 aliphatic rings. The first-order valence-electron chi connectivity index (χ1n) is 4.01. The molecule has 2 rings (SSSR count). The van der Waals surface area contributed by atoms with Crippen LogP contribution >= 0.6 is 0 Å². The van der Waals surface area contributed by atoms with Gasteiger partial charge in [-0.25, -0.2) is 0 Å². The largest absolute Gasteiger partial charge is 0.464 e. The second kappa shape index (κ2) is 2.94. The molecule has 0 unspecified atom stereocenters. The van der Waals surface area contributed by atoms with Gasteiger partial charge in [0.2, 0.25) is 5.91 Å². The Morgan fingerprint density at radius 2 is 2.15 bits per heavy atom. The molecule has 3 nitrogen and oxygen atoms in total. The highest BCUT2D eigenvalue weighted by atomic mass is 16.3. The van der Waals surface area contributed by atoms with Crippen molar-refractivity contribution in [2.75, 3.05) is 0 Å². The Morgan fingerprint density at radius 1 is 1.38 bits per heavy atom. The summed E-state index contributed by atoms with van der Waals surface area (Å²) in [5.41, 5.74) is 6.73. The maximum absolute atomic E-state index is 10.7. The molecule has 3 heteroatoms. The molecule has 2 N–H and O–H groups in total. The fourth-order valence-corrected chi connectivity index (χ4v) is 1.36. The fourth-order valence-electron chi connectivity index (χ4n) is 1.36. The monoisotopic (exact) mass is 175 g/mol. The van der Waals surface area contributed by atoms with Gasteiger partial charge < -0.3 is 10.2 Å². The van der Waals surface area contributed by atoms with Gasteiger partial charge in [-0.05, 0) is 6.07 Å². The van der Waals surface area contributed by atoms with Crippen molar-refractivity contribution in [3.05, 3.63) is 36.1 Å². The zero-order chi connectivity index (χ0) is 9.26. The SMILES string of the molecule is NC(=O)Cc1coc2ccccc12. The third-order valence-corrected chi connectivity index (χ3v) is 1.93. The summed E-state index contributed by atoms with van der Waals surface area (Å²) >= 11 is 0. The number of primary amides is 1. The molecule has 0 fully saturated rings. The minimum atomic E-state index is -0.341. The van der Waals surface area contributed by atoms with Crippen molar-refractivity contribution in [3.8, 4) is 0 Å². The van der Waals surface area contributed by atoms with Crippen LogP contribution in [0.3, 0.4) is 0 Å². The lowest BCUT2D eigenvalue weighted by Crippen LogP contribution is -2.13. The summed E-state index contributed by atoms with van der Waals surface area (Å²) in [4.78, 5) is 10.7. The van der Waals surface area contributed by atoms with Gasteiger partial charge in [-0.2, -0.15) is 0 Å². The lowest BCUT2D eigenvalue weighted by molar-refractivity contribution is -0.117. The summed E-state index contributed by atoms with van der Waals surface area (Å²) in [7, 11) is 0. The lowest BCUT2D eigenvalue weighted by atomic mass is 10.1. The number of fused-ring (bicyclic) bond motifs is 1. The van der Waals surface area contributed by atoms with Gasteiger partial charge in [0.1, 0.15) is 5.58 Å². The Bertz CT molecular complexity index is 445. The number of hydrogen-bond donors (Lipinski definition) is 1. The zero-order valence-corrected chi connectivity index (χ0v) is 6.99. The van der Waals surface area contributed by atoms with Crippen LogP contribution in [0, 0.1) is 0 Å². The van der Waals surface area contributed by atoms with E-state index in [9.17, 15) is 4.79 Å². The van der Waals surface area contributed by atoms with E-state index >= 15 is 0 Å². The number of carbonyl (C=O) groups is 1. The molecule has 0 aliphatic carbocycles. The van der Waals surface area contributed by atoms with Crippen LogP contribution < -0.4 is 5.73 Å². The molecule has 1 aromatic heterocycles. The van der Waals surface area contributed by atoms with Crippen LogP contribution in [0.25, 0.3) is 11.0 Å². The molecule has 66 valence electrons. The van der Waals surface area contributed by atoms with Crippen molar-refractivity contribution >= 4 is 16.9 Å². The minimum Gasteiger partial charge on any atom is -0.464 e. The second-order valence-corrected chi connectivity index (χ2v) is 2.90. The maximum Gasteiger partial charge on any atom is 0.221 e. The van der Waals surface area contributed by atoms with Crippen molar-refractivity contribution < 1.29 is 9.21 Å². The van der Waals surface area contributed by atoms with Crippen LogP contribution in [0.15, 0.2) is 34.9 Å². The third kappa shape index (κ3) is 1.40. The molecule has 1 amide bonds. The van der Waals surface area contributed by atoms with E-state index in [0.29, 0.717) is 0 Å². The first kappa shape index (κ1) is 7.86. The van der Waals surface area contributed by atoms with Crippen LogP contribution in [-0.4, -0.2) is 5.91 Å². The van der Waals surface area contributed by atoms with Crippen LogP contribution in [0.4, 0.5) is 0 Å². The predicted octanol–water partition coefficient (Wildman–Crippen LogP) is 1.46. The molecule has 0 atom stereocenters. The summed E-state index contributed by atoms with van der Waals surface area (Å²) < 4.78 is 5.24. The Balaban J connectivity index is 2.51. The first-order valence-corrected chi connectivity index (χ1v) is 4.01. The van der Waals surface area contributed by atoms with E-state index in [2.05, 4.69) is 0 Å². The van der Waals surface area contributed by atoms with Crippen LogP contribution in [0.1, 0.15) is 5.56 Å². The van der Waals surface area contributed by atoms with Crippen molar-refractivity contribution in [2.45, 2.75) is 6.42 Å². The molecule has 13 heavy (non-hydrogen) atoms. The highest BCUT2D eigenvalue weighted by Crippen LogP contribution is 2.20. The Kier molecular flexibility index (Phi) is 1.77. The second-order valence-electron chi connectivity index (χ2n) is 2.90. The van der Waals surface area contributed by atoms with Gasteiger partial charge in [0.05, 0.1) is 12.7 Å². The number of nitrogens with two attached hydrogens (primary N) is 1. The van der Waals surface area contributed by atoms with Crippen molar-refractivity contribution in [1.29, 1.82) is 0 Å². The highest BCUT2D eigenvalue weighted by Gasteiger charge is 2.06. The number of benzene rings is 1. The molecule has 2 aromatic rings. The van der Waals surface area contributed by atoms with Crippen LogP contribution in [0.5, 0.6) is 0 Å². The molecule has 0 radical (unpaired) electrons. The molecular formula is C10H9NO2. The average molecular weight is 175 g/mol. The number of amides is 1. The Morgan fingerprint density at radius 3 is 2.92 bits per heavy atom. The van der Waals surface area contributed by atoms with E-state index in [1.165, 1.54) is 0 Å². The van der Waals surface area contributed by atoms with E-state index in [-0.39, 0.29) is 12.3 Å². The van der Waals surface area contributed by atoms with Crippen molar-refractivity contribution in [2.24, 2.45) is 5.73 Å². The van der Waals surface area contributed by atoms with Crippen molar-refractivity contribution in [1.82, 2.24) is 0 Å². The van der Waals surface area contributed by atoms with E-state index in [1.54, 1.807) is 6.26 Å². The van der Waals surface area contributed by atoms with Gasteiger partial charge in [-0.1, -0.05) is 18.2 Å². The average Bonchev–Trinajstić information content (AvgIpc) is 2.48. The quantitative estimate of drug-likeness (QED) is 0.751. The van der Waals surface area contributed by atoms with Crippen molar-refractivity contribution in [3.63, 3.8) is 0 Å². The van der Waals surface area contributed by atoms with E-state index in [0.717, 1.165) is 16.5 Å². The summed E-state index contributed by atoms with van der Waals surface area (Å²) in [6.45, 7) is 0. The summed E-state index contributed by atoms with van der Waals surface area (Å²) in [5.74, 6) is -0.341. The molecule has 0 saturated heterocycles. The van der Waals surface area contributed by atoms with E-state index in [4.69, 9.17) is 10.2 Å². The lowest BCUT2D eigenvalue weighted by Gasteiger charge is -1.91. The zero-order valence-electron chi connectivity index (χ0n) is 6.99. The molecule has 0 bridgehead atoms. The van der Waals surface area contributed by atoms with Gasteiger partial charge in [-0.3, -0.25) is 4.79 Å². The summed E-state index contributed by atoms with van der Waals surface area (Å²) in [5, 5.41) is 0.960.